The number of amides is 1. The number of hydrogen-bond donors (Lipinski definition) is 0. The van der Waals surface area contributed by atoms with Crippen LogP contribution >= 0.6 is 11.8 Å². The van der Waals surface area contributed by atoms with E-state index < -0.39 is 0 Å². The summed E-state index contributed by atoms with van der Waals surface area (Å²) in [7, 11) is 1.64. The minimum Gasteiger partial charge on any atom is -0.497 e. The molecule has 0 unspecified atom stereocenters. The first-order valence-electron chi connectivity index (χ1n) is 7.87. The van der Waals surface area contributed by atoms with Gasteiger partial charge in [-0.25, -0.2) is 9.97 Å². The second-order valence-electron chi connectivity index (χ2n) is 5.48. The molecule has 0 aliphatic carbocycles. The van der Waals surface area contributed by atoms with Crippen molar-refractivity contribution in [2.45, 2.75) is 32.5 Å². The smallest absolute Gasteiger partial charge is 0.233 e. The van der Waals surface area contributed by atoms with Crippen LogP contribution in [0.25, 0.3) is 0 Å². The summed E-state index contributed by atoms with van der Waals surface area (Å²) in [6.45, 7) is 7.11. The lowest BCUT2D eigenvalue weighted by atomic mass is 10.2. The Labute approximate surface area is 147 Å². The average molecular weight is 345 g/mol. The highest BCUT2D eigenvalue weighted by molar-refractivity contribution is 7.99. The summed E-state index contributed by atoms with van der Waals surface area (Å²) in [5.74, 6) is 1.24. The number of benzene rings is 1. The lowest BCUT2D eigenvalue weighted by Gasteiger charge is -2.21. The first-order valence-corrected chi connectivity index (χ1v) is 8.86. The van der Waals surface area contributed by atoms with Gasteiger partial charge in [-0.1, -0.05) is 23.9 Å². The fraction of sp³-hybridized carbons (Fsp3) is 0.389. The van der Waals surface area contributed by atoms with Crippen LogP contribution < -0.4 is 4.74 Å². The van der Waals surface area contributed by atoms with E-state index in [0.717, 1.165) is 22.7 Å². The molecule has 1 aromatic heterocycles. The molecule has 1 aromatic carbocycles. The Bertz CT molecular complexity index is 669. The molecule has 0 aliphatic rings. The normalized spacial score (nSPS) is 10.5. The third kappa shape index (κ3) is 5.23. The van der Waals surface area contributed by atoms with Crippen molar-refractivity contribution >= 4 is 17.7 Å². The molecule has 0 N–H and O–H groups in total. The predicted octanol–water partition coefficient (Wildman–Crippen LogP) is 3.24. The van der Waals surface area contributed by atoms with Crippen LogP contribution in [0, 0.1) is 13.8 Å². The number of carbonyl (C=O) groups excluding carboxylic acids is 1. The first-order chi connectivity index (χ1) is 11.5. The zero-order valence-corrected chi connectivity index (χ0v) is 15.4. The average Bonchev–Trinajstić information content (AvgIpc) is 2.57. The number of hydrogen-bond acceptors (Lipinski definition) is 5. The van der Waals surface area contributed by atoms with Crippen molar-refractivity contribution in [2.24, 2.45) is 0 Å². The molecule has 0 radical (unpaired) electrons. The zero-order chi connectivity index (χ0) is 17.5. The van der Waals surface area contributed by atoms with Crippen molar-refractivity contribution in [1.29, 1.82) is 0 Å². The summed E-state index contributed by atoms with van der Waals surface area (Å²) in [5.41, 5.74) is 2.92. The van der Waals surface area contributed by atoms with Crippen LogP contribution in [0.1, 0.15) is 23.9 Å². The second-order valence-corrected chi connectivity index (χ2v) is 6.42. The summed E-state index contributed by atoms with van der Waals surface area (Å²) in [6, 6.07) is 9.70. The molecule has 1 heterocycles. The van der Waals surface area contributed by atoms with Gasteiger partial charge < -0.3 is 9.64 Å². The predicted molar refractivity (Wildman–Crippen MR) is 96.3 cm³/mol. The molecular formula is C18H23N3O2S. The van der Waals surface area contributed by atoms with Gasteiger partial charge in [-0.15, -0.1) is 0 Å². The summed E-state index contributed by atoms with van der Waals surface area (Å²) in [4.78, 5) is 23.0. The molecule has 0 aliphatic heterocycles. The Morgan fingerprint density at radius 2 is 1.79 bits per heavy atom. The van der Waals surface area contributed by atoms with Crippen molar-refractivity contribution in [3.63, 3.8) is 0 Å². The maximum atomic E-state index is 12.5. The molecule has 128 valence electrons. The van der Waals surface area contributed by atoms with E-state index in [1.807, 2.05) is 56.0 Å². The quantitative estimate of drug-likeness (QED) is 0.569. The molecule has 0 bridgehead atoms. The van der Waals surface area contributed by atoms with Gasteiger partial charge in [0, 0.05) is 24.5 Å². The highest BCUT2D eigenvalue weighted by Gasteiger charge is 2.14. The van der Waals surface area contributed by atoms with Crippen LogP contribution in [0.2, 0.25) is 0 Å². The number of carbonyl (C=O) groups is 1. The van der Waals surface area contributed by atoms with Gasteiger partial charge in [0.25, 0.3) is 0 Å². The van der Waals surface area contributed by atoms with E-state index in [-0.39, 0.29) is 5.91 Å². The molecule has 6 heteroatoms. The van der Waals surface area contributed by atoms with E-state index in [2.05, 4.69) is 9.97 Å². The van der Waals surface area contributed by atoms with Gasteiger partial charge in [-0.3, -0.25) is 4.79 Å². The van der Waals surface area contributed by atoms with Gasteiger partial charge in [0.1, 0.15) is 5.75 Å². The number of thioether (sulfide) groups is 1. The first kappa shape index (κ1) is 18.3. The maximum absolute atomic E-state index is 12.5. The van der Waals surface area contributed by atoms with Gasteiger partial charge in [0.15, 0.2) is 5.16 Å². The van der Waals surface area contributed by atoms with E-state index in [1.165, 1.54) is 11.8 Å². The van der Waals surface area contributed by atoms with Crippen LogP contribution in [-0.4, -0.2) is 40.2 Å². The number of aromatic nitrogens is 2. The highest BCUT2D eigenvalue weighted by atomic mass is 32.2. The summed E-state index contributed by atoms with van der Waals surface area (Å²) < 4.78 is 5.16. The van der Waals surface area contributed by atoms with E-state index in [1.54, 1.807) is 7.11 Å². The largest absolute Gasteiger partial charge is 0.497 e. The van der Waals surface area contributed by atoms with Crippen LogP contribution in [0.4, 0.5) is 0 Å². The summed E-state index contributed by atoms with van der Waals surface area (Å²) in [6.07, 6.45) is 0. The van der Waals surface area contributed by atoms with Crippen molar-refractivity contribution < 1.29 is 9.53 Å². The Balaban J connectivity index is 1.95. The lowest BCUT2D eigenvalue weighted by molar-refractivity contribution is -0.128. The topological polar surface area (TPSA) is 55.3 Å². The van der Waals surface area contributed by atoms with E-state index in [0.29, 0.717) is 24.0 Å². The Hall–Kier alpha value is -2.08. The Kier molecular flexibility index (Phi) is 6.61. The van der Waals surface area contributed by atoms with Crippen molar-refractivity contribution in [3.05, 3.63) is 47.3 Å². The molecular weight excluding hydrogens is 322 g/mol. The molecule has 24 heavy (non-hydrogen) atoms. The standard InChI is InChI=1S/C18H23N3O2S/c1-5-21(11-15-6-8-16(23-4)9-7-15)17(22)12-24-18-19-13(2)10-14(3)20-18/h6-10H,5,11-12H2,1-4H3. The summed E-state index contributed by atoms with van der Waals surface area (Å²) >= 11 is 1.38. The monoisotopic (exact) mass is 345 g/mol. The molecule has 0 saturated carbocycles. The summed E-state index contributed by atoms with van der Waals surface area (Å²) in [5, 5.41) is 0.654. The van der Waals surface area contributed by atoms with Gasteiger partial charge in [0.2, 0.25) is 5.91 Å². The third-order valence-electron chi connectivity index (χ3n) is 3.55. The fourth-order valence-corrected chi connectivity index (χ4v) is 3.16. The minimum absolute atomic E-state index is 0.0843. The van der Waals surface area contributed by atoms with Crippen LogP contribution in [-0.2, 0) is 11.3 Å². The SMILES string of the molecule is CCN(Cc1ccc(OC)cc1)C(=O)CSc1nc(C)cc(C)n1. The number of aryl methyl sites for hydroxylation is 2. The maximum Gasteiger partial charge on any atom is 0.233 e. The molecule has 2 aromatic rings. The van der Waals surface area contributed by atoms with Crippen molar-refractivity contribution in [3.8, 4) is 5.75 Å². The lowest BCUT2D eigenvalue weighted by Crippen LogP contribution is -2.31. The van der Waals surface area contributed by atoms with Crippen molar-refractivity contribution in [2.75, 3.05) is 19.4 Å². The van der Waals surface area contributed by atoms with E-state index in [4.69, 9.17) is 4.74 Å². The molecule has 0 spiro atoms. The molecule has 5 nitrogen and oxygen atoms in total. The van der Waals surface area contributed by atoms with Crippen molar-refractivity contribution in [1.82, 2.24) is 14.9 Å². The second kappa shape index (κ2) is 8.68. The zero-order valence-electron chi connectivity index (χ0n) is 14.6. The molecule has 1 amide bonds. The van der Waals surface area contributed by atoms with Gasteiger partial charge in [-0.05, 0) is 44.5 Å². The van der Waals surface area contributed by atoms with Crippen LogP contribution in [0.15, 0.2) is 35.5 Å². The Morgan fingerprint density at radius 3 is 2.33 bits per heavy atom. The molecule has 0 fully saturated rings. The van der Waals surface area contributed by atoms with E-state index >= 15 is 0 Å². The number of rotatable bonds is 7. The van der Waals surface area contributed by atoms with Gasteiger partial charge >= 0.3 is 0 Å². The van der Waals surface area contributed by atoms with Crippen LogP contribution in [0.3, 0.4) is 0 Å². The molecule has 2 rings (SSSR count). The number of ether oxygens (including phenoxy) is 1. The van der Waals surface area contributed by atoms with Crippen LogP contribution in [0.5, 0.6) is 5.75 Å². The highest BCUT2D eigenvalue weighted by Crippen LogP contribution is 2.17. The minimum atomic E-state index is 0.0843. The number of methoxy groups -OCH3 is 1. The molecule has 0 saturated heterocycles. The Morgan fingerprint density at radius 1 is 1.17 bits per heavy atom. The van der Waals surface area contributed by atoms with Gasteiger partial charge in [-0.2, -0.15) is 0 Å². The molecule has 0 atom stereocenters. The van der Waals surface area contributed by atoms with Gasteiger partial charge in [0.05, 0.1) is 12.9 Å². The third-order valence-corrected chi connectivity index (χ3v) is 4.39. The number of nitrogens with zero attached hydrogens (tertiary/aromatic N) is 3. The fourth-order valence-electron chi connectivity index (χ4n) is 2.30. The van der Waals surface area contributed by atoms with E-state index in [9.17, 15) is 4.79 Å².